The van der Waals surface area contributed by atoms with Gasteiger partial charge in [0.25, 0.3) is 0 Å². The number of thiophene rings is 1. The Morgan fingerprint density at radius 3 is 2.70 bits per heavy atom. The highest BCUT2D eigenvalue weighted by Gasteiger charge is 2.50. The average Bonchev–Trinajstić information content (AvgIpc) is 3.39. The summed E-state index contributed by atoms with van der Waals surface area (Å²) in [6.45, 7) is 0.558. The molecule has 4 heterocycles. The molecule has 4 rings (SSSR count). The smallest absolute Gasteiger partial charge is 0.319 e. The standard InChI is InChI=1S/C18H25N3O7S2/c22-15(21-3-6-30(25,26)7-4-21)9-11-8-12-17(27-11)16(23)13(28-12)10-19-18(24)20-14-2-1-5-29-14/h1-2,5,11-13,16-17,23H,3-4,6-10H2,(H2,19,20,24). The van der Waals surface area contributed by atoms with Crippen molar-refractivity contribution in [1.29, 1.82) is 0 Å². The second kappa shape index (κ2) is 8.79. The van der Waals surface area contributed by atoms with Crippen molar-refractivity contribution in [3.8, 4) is 0 Å². The van der Waals surface area contributed by atoms with Crippen LogP contribution in [0.3, 0.4) is 0 Å². The number of rotatable bonds is 5. The van der Waals surface area contributed by atoms with Crippen molar-refractivity contribution in [1.82, 2.24) is 10.2 Å². The van der Waals surface area contributed by atoms with Gasteiger partial charge in [0.15, 0.2) is 9.84 Å². The van der Waals surface area contributed by atoms with Gasteiger partial charge in [0.05, 0.1) is 35.1 Å². The van der Waals surface area contributed by atoms with Crippen molar-refractivity contribution >= 4 is 38.1 Å². The number of urea groups is 1. The Morgan fingerprint density at radius 2 is 2.03 bits per heavy atom. The van der Waals surface area contributed by atoms with Gasteiger partial charge in [-0.3, -0.25) is 10.1 Å². The van der Waals surface area contributed by atoms with Gasteiger partial charge in [-0.1, -0.05) is 0 Å². The Labute approximate surface area is 178 Å². The monoisotopic (exact) mass is 459 g/mol. The molecule has 3 aliphatic rings. The third kappa shape index (κ3) is 4.94. The highest BCUT2D eigenvalue weighted by Crippen LogP contribution is 2.35. The van der Waals surface area contributed by atoms with Gasteiger partial charge in [-0.15, -0.1) is 11.3 Å². The molecule has 0 aliphatic carbocycles. The molecule has 5 atom stereocenters. The van der Waals surface area contributed by atoms with E-state index < -0.39 is 28.1 Å². The summed E-state index contributed by atoms with van der Waals surface area (Å²) in [7, 11) is -3.04. The lowest BCUT2D eigenvalue weighted by Gasteiger charge is -2.28. The molecule has 30 heavy (non-hydrogen) atoms. The van der Waals surface area contributed by atoms with Crippen LogP contribution in [0.5, 0.6) is 0 Å². The minimum Gasteiger partial charge on any atom is -0.388 e. The first-order chi connectivity index (χ1) is 14.3. The Balaban J connectivity index is 1.21. The van der Waals surface area contributed by atoms with E-state index in [0.717, 1.165) is 5.00 Å². The van der Waals surface area contributed by atoms with Gasteiger partial charge in [-0.2, -0.15) is 0 Å². The molecule has 3 saturated heterocycles. The zero-order valence-electron chi connectivity index (χ0n) is 16.2. The van der Waals surface area contributed by atoms with E-state index in [9.17, 15) is 23.1 Å². The molecule has 1 aromatic rings. The van der Waals surface area contributed by atoms with Gasteiger partial charge in [0.2, 0.25) is 5.91 Å². The highest BCUT2D eigenvalue weighted by atomic mass is 32.2. The number of aliphatic hydroxyl groups excluding tert-OH is 1. The summed E-state index contributed by atoms with van der Waals surface area (Å²) in [5.41, 5.74) is 0. The van der Waals surface area contributed by atoms with Gasteiger partial charge < -0.3 is 24.8 Å². The molecule has 3 fully saturated rings. The number of carbonyl (C=O) groups excluding carboxylic acids is 2. The molecule has 12 heteroatoms. The number of carbonyl (C=O) groups is 2. The number of hydrogen-bond donors (Lipinski definition) is 3. The van der Waals surface area contributed by atoms with Gasteiger partial charge >= 0.3 is 6.03 Å². The maximum atomic E-state index is 12.4. The second-order valence-corrected chi connectivity index (χ2v) is 11.0. The number of sulfone groups is 1. The topological polar surface area (TPSA) is 134 Å². The van der Waals surface area contributed by atoms with Crippen LogP contribution in [0.1, 0.15) is 12.8 Å². The van der Waals surface area contributed by atoms with E-state index in [4.69, 9.17) is 9.47 Å². The molecule has 1 aromatic heterocycles. The molecule has 0 bridgehead atoms. The van der Waals surface area contributed by atoms with Crippen LogP contribution in [-0.4, -0.2) is 92.0 Å². The number of anilines is 1. The highest BCUT2D eigenvalue weighted by molar-refractivity contribution is 7.91. The number of amides is 3. The molecule has 0 saturated carbocycles. The third-order valence-corrected chi connectivity index (χ3v) is 7.99. The maximum absolute atomic E-state index is 12.4. The van der Waals surface area contributed by atoms with E-state index in [0.29, 0.717) is 6.42 Å². The lowest BCUT2D eigenvalue weighted by atomic mass is 10.1. The van der Waals surface area contributed by atoms with E-state index in [1.165, 1.54) is 11.3 Å². The zero-order valence-corrected chi connectivity index (χ0v) is 17.9. The molecule has 3 aliphatic heterocycles. The van der Waals surface area contributed by atoms with Crippen molar-refractivity contribution in [2.24, 2.45) is 0 Å². The second-order valence-electron chi connectivity index (χ2n) is 7.71. The summed E-state index contributed by atoms with van der Waals surface area (Å²) < 4.78 is 34.7. The fourth-order valence-corrected chi connectivity index (χ4v) is 5.81. The molecular weight excluding hydrogens is 434 g/mol. The van der Waals surface area contributed by atoms with Crippen molar-refractivity contribution in [2.45, 2.75) is 43.4 Å². The maximum Gasteiger partial charge on any atom is 0.319 e. The first-order valence-electron chi connectivity index (χ1n) is 9.86. The molecule has 0 aromatic carbocycles. The van der Waals surface area contributed by atoms with Gasteiger partial charge in [0.1, 0.15) is 18.3 Å². The number of nitrogens with zero attached hydrogens (tertiary/aromatic N) is 1. The van der Waals surface area contributed by atoms with E-state index in [1.807, 2.05) is 11.4 Å². The van der Waals surface area contributed by atoms with Crippen LogP contribution >= 0.6 is 11.3 Å². The molecule has 166 valence electrons. The summed E-state index contributed by atoms with van der Waals surface area (Å²) in [4.78, 5) is 25.9. The Hall–Kier alpha value is -1.73. The first kappa shape index (κ1) is 21.5. The van der Waals surface area contributed by atoms with E-state index in [-0.39, 0.29) is 61.7 Å². The number of aliphatic hydroxyl groups is 1. The molecule has 10 nitrogen and oxygen atoms in total. The predicted molar refractivity (Wildman–Crippen MR) is 109 cm³/mol. The minimum atomic E-state index is -3.04. The SMILES string of the molecule is O=C(NCC1OC2CC(CC(=O)N3CCS(=O)(=O)CC3)OC2C1O)Nc1cccs1. The number of ether oxygens (including phenoxy) is 2. The van der Waals surface area contributed by atoms with Gasteiger partial charge in [-0.25, -0.2) is 13.2 Å². The largest absolute Gasteiger partial charge is 0.388 e. The number of fused-ring (bicyclic) bond motifs is 1. The van der Waals surface area contributed by atoms with Crippen LogP contribution in [0.15, 0.2) is 17.5 Å². The molecule has 5 unspecified atom stereocenters. The van der Waals surface area contributed by atoms with Crippen molar-refractivity contribution in [2.75, 3.05) is 36.5 Å². The average molecular weight is 460 g/mol. The lowest BCUT2D eigenvalue weighted by Crippen LogP contribution is -2.45. The van der Waals surface area contributed by atoms with Crippen molar-refractivity contribution in [3.63, 3.8) is 0 Å². The molecule has 3 amide bonds. The first-order valence-corrected chi connectivity index (χ1v) is 12.6. The Morgan fingerprint density at radius 1 is 1.27 bits per heavy atom. The summed E-state index contributed by atoms with van der Waals surface area (Å²) in [6, 6.07) is 3.24. The fourth-order valence-electron chi connectivity index (χ4n) is 3.99. The fraction of sp³-hybridized carbons (Fsp3) is 0.667. The Kier molecular flexibility index (Phi) is 6.30. The van der Waals surface area contributed by atoms with E-state index in [1.54, 1.807) is 11.0 Å². The van der Waals surface area contributed by atoms with Gasteiger partial charge in [0, 0.05) is 26.1 Å². The van der Waals surface area contributed by atoms with Crippen LogP contribution in [-0.2, 0) is 24.1 Å². The Bertz CT molecular complexity index is 862. The van der Waals surface area contributed by atoms with Crippen LogP contribution < -0.4 is 10.6 Å². The molecule has 0 radical (unpaired) electrons. The summed E-state index contributed by atoms with van der Waals surface area (Å²) in [6.07, 6.45) is -2.15. The molecular formula is C18H25N3O7S2. The van der Waals surface area contributed by atoms with Crippen LogP contribution in [0, 0.1) is 0 Å². The molecule has 3 N–H and O–H groups in total. The van der Waals surface area contributed by atoms with Crippen LogP contribution in [0.4, 0.5) is 9.80 Å². The summed E-state index contributed by atoms with van der Waals surface area (Å²) >= 11 is 1.41. The van der Waals surface area contributed by atoms with Crippen LogP contribution in [0.25, 0.3) is 0 Å². The van der Waals surface area contributed by atoms with Crippen molar-refractivity contribution in [3.05, 3.63) is 17.5 Å². The van der Waals surface area contributed by atoms with Crippen molar-refractivity contribution < 1.29 is 32.6 Å². The predicted octanol–water partition coefficient (Wildman–Crippen LogP) is -0.197. The minimum absolute atomic E-state index is 0.00786. The van der Waals surface area contributed by atoms with Crippen LogP contribution in [0.2, 0.25) is 0 Å². The van der Waals surface area contributed by atoms with E-state index >= 15 is 0 Å². The quantitative estimate of drug-likeness (QED) is 0.555. The summed E-state index contributed by atoms with van der Waals surface area (Å²) in [5, 5.41) is 18.5. The normalized spacial score (nSPS) is 32.6. The molecule has 0 spiro atoms. The third-order valence-electron chi connectivity index (χ3n) is 5.60. The van der Waals surface area contributed by atoms with Gasteiger partial charge in [-0.05, 0) is 17.5 Å². The summed E-state index contributed by atoms with van der Waals surface area (Å²) in [5.74, 6) is -0.161. The zero-order chi connectivity index (χ0) is 21.3. The number of hydrogen-bond acceptors (Lipinski definition) is 8. The number of nitrogens with one attached hydrogen (secondary N) is 2. The van der Waals surface area contributed by atoms with E-state index in [2.05, 4.69) is 10.6 Å². The lowest BCUT2D eigenvalue weighted by molar-refractivity contribution is -0.134.